The number of nitrogens with one attached hydrogen (secondary N) is 2. The van der Waals surface area contributed by atoms with E-state index in [0.717, 1.165) is 5.56 Å². The molecule has 0 fully saturated rings. The molecule has 20 heavy (non-hydrogen) atoms. The van der Waals surface area contributed by atoms with Crippen molar-refractivity contribution in [3.05, 3.63) is 48.2 Å². The van der Waals surface area contributed by atoms with Gasteiger partial charge >= 0.3 is 11.8 Å². The zero-order valence-corrected chi connectivity index (χ0v) is 10.8. The van der Waals surface area contributed by atoms with Gasteiger partial charge in [-0.25, -0.2) is 4.98 Å². The Morgan fingerprint density at radius 1 is 1.00 bits per heavy atom. The number of carbonyl (C=O) groups is 2. The summed E-state index contributed by atoms with van der Waals surface area (Å²) in [5.74, 6) is -1.23. The summed E-state index contributed by atoms with van der Waals surface area (Å²) in [5, 5.41) is 13.9. The van der Waals surface area contributed by atoms with Crippen LogP contribution in [0.5, 0.6) is 5.75 Å². The number of aryl methyl sites for hydroxylation is 1. The Morgan fingerprint density at radius 2 is 1.65 bits per heavy atom. The maximum atomic E-state index is 11.7. The lowest BCUT2D eigenvalue weighted by atomic mass is 10.3. The number of aromatic hydroxyl groups is 1. The minimum Gasteiger partial charge on any atom is -0.508 e. The molecule has 0 saturated heterocycles. The lowest BCUT2D eigenvalue weighted by Gasteiger charge is -2.06. The van der Waals surface area contributed by atoms with Crippen LogP contribution in [0.3, 0.4) is 0 Å². The number of phenolic OH excluding ortho intramolecular Hbond substituents is 1. The highest BCUT2D eigenvalue weighted by Gasteiger charge is 2.14. The topological polar surface area (TPSA) is 91.3 Å². The smallest absolute Gasteiger partial charge is 0.315 e. The molecular weight excluding hydrogens is 258 g/mol. The van der Waals surface area contributed by atoms with Gasteiger partial charge in [-0.05, 0) is 42.8 Å². The summed E-state index contributed by atoms with van der Waals surface area (Å²) >= 11 is 0. The number of carbonyl (C=O) groups excluding carboxylic acids is 2. The molecule has 1 aromatic carbocycles. The van der Waals surface area contributed by atoms with E-state index < -0.39 is 11.8 Å². The highest BCUT2D eigenvalue weighted by molar-refractivity contribution is 6.43. The van der Waals surface area contributed by atoms with Crippen LogP contribution in [0.25, 0.3) is 0 Å². The third kappa shape index (κ3) is 3.55. The van der Waals surface area contributed by atoms with Crippen LogP contribution in [0.1, 0.15) is 5.56 Å². The van der Waals surface area contributed by atoms with Gasteiger partial charge in [0.25, 0.3) is 0 Å². The van der Waals surface area contributed by atoms with E-state index in [9.17, 15) is 9.59 Å². The molecule has 0 spiro atoms. The van der Waals surface area contributed by atoms with E-state index in [1.54, 1.807) is 18.3 Å². The van der Waals surface area contributed by atoms with Crippen molar-refractivity contribution in [2.75, 3.05) is 10.6 Å². The summed E-state index contributed by atoms with van der Waals surface area (Å²) in [4.78, 5) is 27.3. The van der Waals surface area contributed by atoms with E-state index >= 15 is 0 Å². The van der Waals surface area contributed by atoms with E-state index in [-0.39, 0.29) is 5.75 Å². The van der Waals surface area contributed by atoms with Crippen molar-refractivity contribution in [3.63, 3.8) is 0 Å². The van der Waals surface area contributed by atoms with Gasteiger partial charge in [0, 0.05) is 11.9 Å². The molecule has 0 unspecified atom stereocenters. The fourth-order valence-corrected chi connectivity index (χ4v) is 1.45. The van der Waals surface area contributed by atoms with Gasteiger partial charge in [0.05, 0.1) is 0 Å². The highest BCUT2D eigenvalue weighted by atomic mass is 16.3. The molecule has 0 aliphatic rings. The first kappa shape index (κ1) is 13.5. The minimum atomic E-state index is -0.811. The first-order valence-corrected chi connectivity index (χ1v) is 5.88. The van der Waals surface area contributed by atoms with Gasteiger partial charge < -0.3 is 15.7 Å². The number of phenols is 1. The second-order valence-corrected chi connectivity index (χ2v) is 4.18. The standard InChI is InChI=1S/C14H13N3O3/c1-9-2-7-12(15-8-9)17-14(20)13(19)16-10-3-5-11(18)6-4-10/h2-8,18H,1H3,(H,16,19)(H,15,17,20). The molecule has 0 aliphatic carbocycles. The molecule has 3 N–H and O–H groups in total. The Morgan fingerprint density at radius 3 is 2.25 bits per heavy atom. The summed E-state index contributed by atoms with van der Waals surface area (Å²) in [6, 6.07) is 9.20. The highest BCUT2D eigenvalue weighted by Crippen LogP contribution is 2.13. The number of nitrogens with zero attached hydrogens (tertiary/aromatic N) is 1. The number of benzene rings is 1. The number of amides is 2. The molecule has 2 amide bonds. The Kier molecular flexibility index (Phi) is 3.95. The van der Waals surface area contributed by atoms with E-state index in [4.69, 9.17) is 5.11 Å². The maximum Gasteiger partial charge on any atom is 0.315 e. The van der Waals surface area contributed by atoms with Crippen LogP contribution in [0.4, 0.5) is 11.5 Å². The molecular formula is C14H13N3O3. The first-order chi connectivity index (χ1) is 9.54. The van der Waals surface area contributed by atoms with Crippen molar-refractivity contribution >= 4 is 23.3 Å². The molecule has 102 valence electrons. The van der Waals surface area contributed by atoms with Crippen LogP contribution < -0.4 is 10.6 Å². The van der Waals surface area contributed by atoms with E-state index in [0.29, 0.717) is 11.5 Å². The molecule has 2 rings (SSSR count). The second kappa shape index (κ2) is 5.83. The third-order valence-electron chi connectivity index (χ3n) is 2.48. The van der Waals surface area contributed by atoms with Crippen LogP contribution in [-0.2, 0) is 9.59 Å². The van der Waals surface area contributed by atoms with Crippen molar-refractivity contribution in [1.29, 1.82) is 0 Å². The van der Waals surface area contributed by atoms with Gasteiger partial charge in [0.15, 0.2) is 0 Å². The summed E-state index contributed by atoms with van der Waals surface area (Å²) in [6.45, 7) is 1.87. The average Bonchev–Trinajstić information content (AvgIpc) is 2.44. The van der Waals surface area contributed by atoms with Gasteiger partial charge in [0.2, 0.25) is 0 Å². The summed E-state index contributed by atoms with van der Waals surface area (Å²) in [5.41, 5.74) is 1.37. The molecule has 0 bridgehead atoms. The minimum absolute atomic E-state index is 0.0799. The fraction of sp³-hybridized carbons (Fsp3) is 0.0714. The zero-order chi connectivity index (χ0) is 14.5. The average molecular weight is 271 g/mol. The van der Waals surface area contributed by atoms with Gasteiger partial charge in [0.1, 0.15) is 11.6 Å². The molecule has 1 aromatic heterocycles. The summed E-state index contributed by atoms with van der Waals surface area (Å²) in [6.07, 6.45) is 1.59. The fourth-order valence-electron chi connectivity index (χ4n) is 1.45. The lowest BCUT2D eigenvalue weighted by molar-refractivity contribution is -0.133. The molecule has 6 nitrogen and oxygen atoms in total. The first-order valence-electron chi connectivity index (χ1n) is 5.88. The van der Waals surface area contributed by atoms with Gasteiger partial charge in [-0.15, -0.1) is 0 Å². The predicted octanol–water partition coefficient (Wildman–Crippen LogP) is 1.67. The van der Waals surface area contributed by atoms with Gasteiger partial charge in [-0.1, -0.05) is 6.07 Å². The van der Waals surface area contributed by atoms with Crippen molar-refractivity contribution in [2.24, 2.45) is 0 Å². The Balaban J connectivity index is 1.96. The lowest BCUT2D eigenvalue weighted by Crippen LogP contribution is -2.29. The Hall–Kier alpha value is -2.89. The second-order valence-electron chi connectivity index (χ2n) is 4.18. The third-order valence-corrected chi connectivity index (χ3v) is 2.48. The van der Waals surface area contributed by atoms with E-state index in [1.807, 2.05) is 6.92 Å². The van der Waals surface area contributed by atoms with Crippen LogP contribution in [-0.4, -0.2) is 21.9 Å². The zero-order valence-electron chi connectivity index (χ0n) is 10.8. The SMILES string of the molecule is Cc1ccc(NC(=O)C(=O)Nc2ccc(O)cc2)nc1. The summed E-state index contributed by atoms with van der Waals surface area (Å²) in [7, 11) is 0. The Labute approximate surface area is 115 Å². The number of rotatable bonds is 2. The molecule has 6 heteroatoms. The monoisotopic (exact) mass is 271 g/mol. The molecule has 0 radical (unpaired) electrons. The predicted molar refractivity (Wildman–Crippen MR) is 74.3 cm³/mol. The van der Waals surface area contributed by atoms with Crippen LogP contribution in [0.15, 0.2) is 42.6 Å². The van der Waals surface area contributed by atoms with Crippen LogP contribution in [0.2, 0.25) is 0 Å². The normalized spacial score (nSPS) is 9.85. The molecule has 2 aromatic rings. The number of aromatic nitrogens is 1. The van der Waals surface area contributed by atoms with Gasteiger partial charge in [-0.2, -0.15) is 0 Å². The van der Waals surface area contributed by atoms with Crippen molar-refractivity contribution in [1.82, 2.24) is 4.98 Å². The quantitative estimate of drug-likeness (QED) is 0.572. The van der Waals surface area contributed by atoms with Crippen molar-refractivity contribution in [2.45, 2.75) is 6.92 Å². The number of hydrogen-bond donors (Lipinski definition) is 3. The maximum absolute atomic E-state index is 11.7. The molecule has 0 atom stereocenters. The van der Waals surface area contributed by atoms with E-state index in [1.165, 1.54) is 24.3 Å². The number of pyridine rings is 1. The molecule has 1 heterocycles. The van der Waals surface area contributed by atoms with Crippen LogP contribution >= 0.6 is 0 Å². The van der Waals surface area contributed by atoms with E-state index in [2.05, 4.69) is 15.6 Å². The van der Waals surface area contributed by atoms with Crippen molar-refractivity contribution in [3.8, 4) is 5.75 Å². The number of anilines is 2. The molecule has 0 aliphatic heterocycles. The van der Waals surface area contributed by atoms with Gasteiger partial charge in [-0.3, -0.25) is 9.59 Å². The van der Waals surface area contributed by atoms with Crippen LogP contribution in [0, 0.1) is 6.92 Å². The molecule has 0 saturated carbocycles. The number of hydrogen-bond acceptors (Lipinski definition) is 4. The Bertz CT molecular complexity index is 564. The largest absolute Gasteiger partial charge is 0.508 e. The van der Waals surface area contributed by atoms with Crippen molar-refractivity contribution < 1.29 is 14.7 Å². The summed E-state index contributed by atoms with van der Waals surface area (Å²) < 4.78 is 0.